The molecule has 0 amide bonds. The lowest BCUT2D eigenvalue weighted by Gasteiger charge is -2.23. The van der Waals surface area contributed by atoms with E-state index >= 15 is 0 Å². The van der Waals surface area contributed by atoms with Gasteiger partial charge in [0.1, 0.15) is 0 Å². The van der Waals surface area contributed by atoms with E-state index in [4.69, 9.17) is 11.6 Å². The minimum atomic E-state index is 0.570. The maximum atomic E-state index is 5.94. The molecule has 2 aromatic rings. The number of aromatic amines is 1. The Bertz CT molecular complexity index is 527. The number of rotatable bonds is 3. The van der Waals surface area contributed by atoms with E-state index in [0.717, 1.165) is 18.0 Å². The standard InChI is InChI=1S/C15H18ClN3/c16-12-6-4-11(5-7-12)14-10-18-19-15(14)9-13-3-1-2-8-17-13/h4-7,10,13,17H,1-3,8-9H2,(H,18,19). The smallest absolute Gasteiger partial charge is 0.0568 e. The summed E-state index contributed by atoms with van der Waals surface area (Å²) >= 11 is 5.94. The maximum Gasteiger partial charge on any atom is 0.0568 e. The fourth-order valence-corrected chi connectivity index (χ4v) is 2.82. The van der Waals surface area contributed by atoms with Crippen LogP contribution in [-0.4, -0.2) is 22.8 Å². The van der Waals surface area contributed by atoms with Crippen LogP contribution >= 0.6 is 11.6 Å². The zero-order valence-corrected chi connectivity index (χ0v) is 11.6. The molecule has 1 unspecified atom stereocenters. The van der Waals surface area contributed by atoms with E-state index in [9.17, 15) is 0 Å². The van der Waals surface area contributed by atoms with Gasteiger partial charge in [-0.05, 0) is 37.1 Å². The molecule has 3 rings (SSSR count). The molecule has 1 aliphatic rings. The van der Waals surface area contributed by atoms with E-state index in [-0.39, 0.29) is 0 Å². The lowest BCUT2D eigenvalue weighted by Crippen LogP contribution is -2.35. The molecule has 19 heavy (non-hydrogen) atoms. The highest BCUT2D eigenvalue weighted by Gasteiger charge is 2.16. The van der Waals surface area contributed by atoms with Gasteiger partial charge in [0.2, 0.25) is 0 Å². The molecule has 3 nitrogen and oxygen atoms in total. The second-order valence-corrected chi connectivity index (χ2v) is 5.56. The summed E-state index contributed by atoms with van der Waals surface area (Å²) in [5.74, 6) is 0. The van der Waals surface area contributed by atoms with Gasteiger partial charge < -0.3 is 5.32 Å². The van der Waals surface area contributed by atoms with Crippen molar-refractivity contribution in [3.63, 3.8) is 0 Å². The van der Waals surface area contributed by atoms with Gasteiger partial charge in [-0.3, -0.25) is 5.10 Å². The molecule has 4 heteroatoms. The second-order valence-electron chi connectivity index (χ2n) is 5.12. The normalized spacial score (nSPS) is 19.5. The Balaban J connectivity index is 1.79. The minimum absolute atomic E-state index is 0.570. The van der Waals surface area contributed by atoms with Crippen LogP contribution in [-0.2, 0) is 6.42 Å². The number of piperidine rings is 1. The molecule has 1 fully saturated rings. The van der Waals surface area contributed by atoms with Crippen LogP contribution in [0.4, 0.5) is 0 Å². The molecule has 0 spiro atoms. The van der Waals surface area contributed by atoms with Crippen LogP contribution in [0, 0.1) is 0 Å². The van der Waals surface area contributed by atoms with Gasteiger partial charge >= 0.3 is 0 Å². The van der Waals surface area contributed by atoms with Crippen molar-refractivity contribution in [1.82, 2.24) is 15.5 Å². The summed E-state index contributed by atoms with van der Waals surface area (Å²) in [6.45, 7) is 1.13. The van der Waals surface area contributed by atoms with Crippen LogP contribution in [0.25, 0.3) is 11.1 Å². The fourth-order valence-electron chi connectivity index (χ4n) is 2.69. The summed E-state index contributed by atoms with van der Waals surface area (Å²) in [6, 6.07) is 8.51. The van der Waals surface area contributed by atoms with E-state index in [1.54, 1.807) is 0 Å². The number of nitrogens with one attached hydrogen (secondary N) is 2. The van der Waals surface area contributed by atoms with Crippen LogP contribution in [0.2, 0.25) is 5.02 Å². The summed E-state index contributed by atoms with van der Waals surface area (Å²) < 4.78 is 0. The average molecular weight is 276 g/mol. The van der Waals surface area contributed by atoms with Crippen LogP contribution in [0.15, 0.2) is 30.5 Å². The lowest BCUT2D eigenvalue weighted by molar-refractivity contribution is 0.397. The number of halogens is 1. The van der Waals surface area contributed by atoms with Crippen molar-refractivity contribution in [2.75, 3.05) is 6.54 Å². The van der Waals surface area contributed by atoms with E-state index in [2.05, 4.69) is 15.5 Å². The first-order chi connectivity index (χ1) is 9.33. The zero-order chi connectivity index (χ0) is 13.1. The Morgan fingerprint density at radius 1 is 1.21 bits per heavy atom. The Kier molecular flexibility index (Phi) is 3.85. The van der Waals surface area contributed by atoms with E-state index in [1.165, 1.54) is 36.1 Å². The molecule has 0 bridgehead atoms. The highest BCUT2D eigenvalue weighted by atomic mass is 35.5. The average Bonchev–Trinajstić information content (AvgIpc) is 2.89. The summed E-state index contributed by atoms with van der Waals surface area (Å²) in [7, 11) is 0. The monoisotopic (exact) mass is 275 g/mol. The van der Waals surface area contributed by atoms with Gasteiger partial charge in [-0.25, -0.2) is 0 Å². The molecule has 2 N–H and O–H groups in total. The van der Waals surface area contributed by atoms with Gasteiger partial charge in [0.05, 0.1) is 6.20 Å². The largest absolute Gasteiger partial charge is 0.314 e. The SMILES string of the molecule is Clc1ccc(-c2cn[nH]c2CC2CCCCN2)cc1. The highest BCUT2D eigenvalue weighted by Crippen LogP contribution is 2.25. The number of hydrogen-bond donors (Lipinski definition) is 2. The molecule has 0 aliphatic carbocycles. The molecule has 1 aromatic heterocycles. The summed E-state index contributed by atoms with van der Waals surface area (Å²) in [5.41, 5.74) is 3.56. The van der Waals surface area contributed by atoms with Crippen LogP contribution in [0.3, 0.4) is 0 Å². The van der Waals surface area contributed by atoms with E-state index in [1.807, 2.05) is 30.5 Å². The Hall–Kier alpha value is -1.32. The van der Waals surface area contributed by atoms with Crippen molar-refractivity contribution in [1.29, 1.82) is 0 Å². The lowest BCUT2D eigenvalue weighted by atomic mass is 9.97. The quantitative estimate of drug-likeness (QED) is 0.901. The molecule has 2 heterocycles. The summed E-state index contributed by atoms with van der Waals surface area (Å²) in [5, 5.41) is 11.7. The first-order valence-corrected chi connectivity index (χ1v) is 7.22. The Morgan fingerprint density at radius 2 is 2.05 bits per heavy atom. The number of benzene rings is 1. The van der Waals surface area contributed by atoms with Gasteiger partial charge in [0.15, 0.2) is 0 Å². The van der Waals surface area contributed by atoms with Crippen LogP contribution < -0.4 is 5.32 Å². The van der Waals surface area contributed by atoms with E-state index in [0.29, 0.717) is 6.04 Å². The third-order valence-corrected chi connectivity index (χ3v) is 3.99. The Morgan fingerprint density at radius 3 is 2.79 bits per heavy atom. The second kappa shape index (κ2) is 5.76. The zero-order valence-electron chi connectivity index (χ0n) is 10.8. The molecular weight excluding hydrogens is 258 g/mol. The highest BCUT2D eigenvalue weighted by molar-refractivity contribution is 6.30. The van der Waals surface area contributed by atoms with Gasteiger partial charge in [-0.1, -0.05) is 30.2 Å². The third kappa shape index (κ3) is 2.99. The predicted molar refractivity (Wildman–Crippen MR) is 78.4 cm³/mol. The van der Waals surface area contributed by atoms with Gasteiger partial charge in [0, 0.05) is 28.7 Å². The molecule has 1 atom stereocenters. The first kappa shape index (κ1) is 12.7. The van der Waals surface area contributed by atoms with Crippen molar-refractivity contribution in [2.45, 2.75) is 31.7 Å². The molecule has 1 aliphatic heterocycles. The number of aromatic nitrogens is 2. The number of nitrogens with zero attached hydrogens (tertiary/aromatic N) is 1. The molecular formula is C15H18ClN3. The molecule has 1 aromatic carbocycles. The first-order valence-electron chi connectivity index (χ1n) is 6.84. The molecule has 0 saturated carbocycles. The van der Waals surface area contributed by atoms with Crippen molar-refractivity contribution in [3.8, 4) is 11.1 Å². The van der Waals surface area contributed by atoms with E-state index < -0.39 is 0 Å². The van der Waals surface area contributed by atoms with Crippen molar-refractivity contribution in [2.24, 2.45) is 0 Å². The number of H-pyrrole nitrogens is 1. The molecule has 1 saturated heterocycles. The van der Waals surface area contributed by atoms with Crippen molar-refractivity contribution < 1.29 is 0 Å². The number of hydrogen-bond acceptors (Lipinski definition) is 2. The van der Waals surface area contributed by atoms with Crippen molar-refractivity contribution in [3.05, 3.63) is 41.2 Å². The fraction of sp³-hybridized carbons (Fsp3) is 0.400. The van der Waals surface area contributed by atoms with Gasteiger partial charge in [0.25, 0.3) is 0 Å². The summed E-state index contributed by atoms with van der Waals surface area (Å²) in [4.78, 5) is 0. The molecule has 0 radical (unpaired) electrons. The Labute approximate surface area is 118 Å². The molecule has 100 valence electrons. The maximum absolute atomic E-state index is 5.94. The van der Waals surface area contributed by atoms with Crippen molar-refractivity contribution >= 4 is 11.6 Å². The predicted octanol–water partition coefficient (Wildman–Crippen LogP) is 3.41. The van der Waals surface area contributed by atoms with Gasteiger partial charge in [-0.15, -0.1) is 0 Å². The van der Waals surface area contributed by atoms with Crippen LogP contribution in [0.1, 0.15) is 25.0 Å². The third-order valence-electron chi connectivity index (χ3n) is 3.74. The van der Waals surface area contributed by atoms with Crippen LogP contribution in [0.5, 0.6) is 0 Å². The topological polar surface area (TPSA) is 40.7 Å². The minimum Gasteiger partial charge on any atom is -0.314 e. The van der Waals surface area contributed by atoms with Gasteiger partial charge in [-0.2, -0.15) is 5.10 Å². The summed E-state index contributed by atoms with van der Waals surface area (Å²) in [6.07, 6.45) is 6.78.